The van der Waals surface area contributed by atoms with Gasteiger partial charge in [-0.25, -0.2) is 0 Å². The van der Waals surface area contributed by atoms with Crippen molar-refractivity contribution in [1.29, 1.82) is 0 Å². The summed E-state index contributed by atoms with van der Waals surface area (Å²) < 4.78 is 0. The highest BCUT2D eigenvalue weighted by Crippen LogP contribution is 2.38. The van der Waals surface area contributed by atoms with E-state index in [1.54, 1.807) is 18.2 Å². The molecule has 1 atom stereocenters. The molecule has 0 saturated carbocycles. The van der Waals surface area contributed by atoms with Crippen LogP contribution in [-0.2, 0) is 14.4 Å². The van der Waals surface area contributed by atoms with Crippen LogP contribution in [0, 0.1) is 5.92 Å². The van der Waals surface area contributed by atoms with Crippen molar-refractivity contribution in [2.75, 3.05) is 18.4 Å². The summed E-state index contributed by atoms with van der Waals surface area (Å²) in [5.74, 6) is -1.53. The molecule has 6 nitrogen and oxygen atoms in total. The van der Waals surface area contributed by atoms with Crippen molar-refractivity contribution in [2.24, 2.45) is 5.92 Å². The van der Waals surface area contributed by atoms with Gasteiger partial charge in [0, 0.05) is 22.9 Å². The number of halogens is 1. The number of thioether (sulfide) groups is 1. The summed E-state index contributed by atoms with van der Waals surface area (Å²) in [4.78, 5) is 37.7. The molecule has 1 aromatic carbocycles. The average molecular weight is 371 g/mol. The van der Waals surface area contributed by atoms with E-state index >= 15 is 0 Å². The Labute approximate surface area is 149 Å². The van der Waals surface area contributed by atoms with Crippen LogP contribution >= 0.6 is 23.4 Å². The number of nitrogens with zero attached hydrogens (tertiary/aromatic N) is 1. The van der Waals surface area contributed by atoms with Crippen LogP contribution in [0.4, 0.5) is 5.69 Å². The molecule has 0 fully saturated rings. The lowest BCUT2D eigenvalue weighted by Gasteiger charge is -2.27. The first-order chi connectivity index (χ1) is 11.3. The second-order valence-electron chi connectivity index (χ2n) is 6.00. The Bertz CT molecular complexity index is 665. The van der Waals surface area contributed by atoms with Crippen molar-refractivity contribution >= 4 is 46.8 Å². The number of amides is 2. The summed E-state index contributed by atoms with van der Waals surface area (Å²) in [6.07, 6.45) is -0.0431. The van der Waals surface area contributed by atoms with Gasteiger partial charge in [0.1, 0.15) is 6.54 Å². The molecule has 1 unspecified atom stereocenters. The lowest BCUT2D eigenvalue weighted by Crippen LogP contribution is -2.41. The molecule has 2 rings (SSSR count). The first-order valence-corrected chi connectivity index (χ1v) is 8.78. The molecule has 130 valence electrons. The molecular weight excluding hydrogens is 352 g/mol. The molecule has 1 aliphatic heterocycles. The normalized spacial score (nSPS) is 16.5. The maximum absolute atomic E-state index is 12.4. The first-order valence-electron chi connectivity index (χ1n) is 7.53. The first kappa shape index (κ1) is 18.6. The smallest absolute Gasteiger partial charge is 0.323 e. The summed E-state index contributed by atoms with van der Waals surface area (Å²) in [5.41, 5.74) is 0.630. The summed E-state index contributed by atoms with van der Waals surface area (Å²) in [6.45, 7) is 3.80. The number of carboxylic acid groups (broad SMARTS) is 1. The van der Waals surface area contributed by atoms with Gasteiger partial charge < -0.3 is 15.3 Å². The highest BCUT2D eigenvalue weighted by molar-refractivity contribution is 8.01. The predicted octanol–water partition coefficient (Wildman–Crippen LogP) is 2.71. The molecule has 0 bridgehead atoms. The number of carbonyl (C=O) groups excluding carboxylic acids is 2. The van der Waals surface area contributed by atoms with Crippen LogP contribution in [0.2, 0.25) is 5.02 Å². The van der Waals surface area contributed by atoms with Crippen molar-refractivity contribution in [3.8, 4) is 0 Å². The molecule has 0 spiro atoms. The van der Waals surface area contributed by atoms with Crippen LogP contribution in [0.1, 0.15) is 20.3 Å². The molecular formula is C16H19ClN2O4S. The number of anilines is 1. The van der Waals surface area contributed by atoms with Crippen molar-refractivity contribution < 1.29 is 19.5 Å². The van der Waals surface area contributed by atoms with E-state index in [0.717, 1.165) is 4.90 Å². The molecule has 1 aliphatic rings. The largest absolute Gasteiger partial charge is 0.480 e. The third-order valence-electron chi connectivity index (χ3n) is 3.39. The molecule has 1 heterocycles. The Morgan fingerprint density at radius 3 is 2.75 bits per heavy atom. The Morgan fingerprint density at radius 1 is 1.42 bits per heavy atom. The van der Waals surface area contributed by atoms with E-state index in [4.69, 9.17) is 16.7 Å². The van der Waals surface area contributed by atoms with Gasteiger partial charge in [0.05, 0.1) is 10.9 Å². The van der Waals surface area contributed by atoms with Gasteiger partial charge in [-0.1, -0.05) is 25.4 Å². The third-order valence-corrected chi connectivity index (χ3v) is 4.90. The van der Waals surface area contributed by atoms with Crippen LogP contribution in [0.3, 0.4) is 0 Å². The summed E-state index contributed by atoms with van der Waals surface area (Å²) in [5, 5.41) is 11.6. The average Bonchev–Trinajstić information content (AvgIpc) is 2.46. The highest BCUT2D eigenvalue weighted by atomic mass is 35.5. The van der Waals surface area contributed by atoms with Crippen molar-refractivity contribution in [2.45, 2.75) is 30.4 Å². The van der Waals surface area contributed by atoms with E-state index in [-0.39, 0.29) is 30.7 Å². The number of benzene rings is 1. The van der Waals surface area contributed by atoms with Gasteiger partial charge in [0.15, 0.2) is 0 Å². The topological polar surface area (TPSA) is 86.7 Å². The number of hydrogen-bond donors (Lipinski definition) is 2. The molecule has 8 heteroatoms. The van der Waals surface area contributed by atoms with Gasteiger partial charge in [0.25, 0.3) is 0 Å². The van der Waals surface area contributed by atoms with Gasteiger partial charge in [0.2, 0.25) is 11.8 Å². The van der Waals surface area contributed by atoms with Gasteiger partial charge in [-0.15, -0.1) is 11.8 Å². The lowest BCUT2D eigenvalue weighted by molar-refractivity contribution is -0.144. The van der Waals surface area contributed by atoms with Crippen LogP contribution < -0.4 is 5.32 Å². The van der Waals surface area contributed by atoms with Gasteiger partial charge >= 0.3 is 5.97 Å². The summed E-state index contributed by atoms with van der Waals surface area (Å²) >= 11 is 7.20. The minimum atomic E-state index is -1.07. The number of rotatable bonds is 6. The molecule has 0 aliphatic carbocycles. The van der Waals surface area contributed by atoms with Crippen LogP contribution in [0.15, 0.2) is 23.1 Å². The fourth-order valence-electron chi connectivity index (χ4n) is 2.40. The van der Waals surface area contributed by atoms with Crippen molar-refractivity contribution in [3.05, 3.63) is 23.2 Å². The minimum absolute atomic E-state index is 0.0431. The van der Waals surface area contributed by atoms with Gasteiger partial charge in [-0.2, -0.15) is 0 Å². The molecule has 24 heavy (non-hydrogen) atoms. The van der Waals surface area contributed by atoms with E-state index in [1.807, 2.05) is 13.8 Å². The zero-order chi connectivity index (χ0) is 17.9. The Morgan fingerprint density at radius 2 is 2.12 bits per heavy atom. The molecule has 0 aromatic heterocycles. The summed E-state index contributed by atoms with van der Waals surface area (Å²) in [7, 11) is 0. The minimum Gasteiger partial charge on any atom is -0.480 e. The number of carboxylic acids is 1. The van der Waals surface area contributed by atoms with Crippen LogP contribution in [0.25, 0.3) is 0 Å². The van der Waals surface area contributed by atoms with Crippen LogP contribution in [-0.4, -0.2) is 46.1 Å². The highest BCUT2D eigenvalue weighted by Gasteiger charge is 2.31. The van der Waals surface area contributed by atoms with Gasteiger partial charge in [-0.3, -0.25) is 14.4 Å². The monoisotopic (exact) mass is 370 g/mol. The van der Waals surface area contributed by atoms with Crippen molar-refractivity contribution in [1.82, 2.24) is 4.90 Å². The maximum Gasteiger partial charge on any atom is 0.323 e. The zero-order valence-corrected chi connectivity index (χ0v) is 15.0. The van der Waals surface area contributed by atoms with E-state index < -0.39 is 11.2 Å². The Hall–Kier alpha value is -1.73. The van der Waals surface area contributed by atoms with Crippen molar-refractivity contribution in [3.63, 3.8) is 0 Å². The lowest BCUT2D eigenvalue weighted by atomic mass is 10.1. The quantitative estimate of drug-likeness (QED) is 0.804. The number of nitrogens with one attached hydrogen (secondary N) is 1. The maximum atomic E-state index is 12.4. The number of hydrogen-bond acceptors (Lipinski definition) is 4. The van der Waals surface area contributed by atoms with E-state index in [0.29, 0.717) is 17.3 Å². The zero-order valence-electron chi connectivity index (χ0n) is 13.4. The molecule has 2 amide bonds. The molecule has 0 saturated heterocycles. The summed E-state index contributed by atoms with van der Waals surface area (Å²) in [6, 6.07) is 5.18. The van der Waals surface area contributed by atoms with Gasteiger partial charge in [-0.05, 0) is 24.1 Å². The SMILES string of the molecule is CC(C)CN(CC(=O)O)C(=O)CC1Sc2ccc(Cl)cc2NC1=O. The van der Waals surface area contributed by atoms with Crippen LogP contribution in [0.5, 0.6) is 0 Å². The Balaban J connectivity index is 2.08. The number of fused-ring (bicyclic) bond motifs is 1. The van der Waals surface area contributed by atoms with E-state index in [2.05, 4.69) is 5.32 Å². The molecule has 0 radical (unpaired) electrons. The second-order valence-corrected chi connectivity index (χ2v) is 7.68. The third kappa shape index (κ3) is 4.88. The number of carbonyl (C=O) groups is 3. The van der Waals surface area contributed by atoms with E-state index in [1.165, 1.54) is 16.7 Å². The fraction of sp³-hybridized carbons (Fsp3) is 0.438. The molecule has 2 N–H and O–H groups in total. The standard InChI is InChI=1S/C16H19ClN2O4S/c1-9(2)7-19(8-15(21)22)14(20)6-13-16(23)18-11-5-10(17)3-4-12(11)24-13/h3-5,9,13H,6-8H2,1-2H3,(H,18,23)(H,21,22). The number of aliphatic carboxylic acids is 1. The van der Waals surface area contributed by atoms with E-state index in [9.17, 15) is 14.4 Å². The fourth-order valence-corrected chi connectivity index (χ4v) is 3.66. The molecule has 1 aromatic rings. The second kappa shape index (κ2) is 7.90. The Kier molecular flexibility index (Phi) is 6.12. The predicted molar refractivity (Wildman–Crippen MR) is 93.4 cm³/mol.